The van der Waals surface area contributed by atoms with Gasteiger partial charge in [-0.2, -0.15) is 0 Å². The third-order valence-electron chi connectivity index (χ3n) is 4.79. The number of carbonyl (C=O) groups excluding carboxylic acids is 1. The van der Waals surface area contributed by atoms with Gasteiger partial charge in [-0.3, -0.25) is 14.9 Å². The Morgan fingerprint density at radius 1 is 1.18 bits per heavy atom. The van der Waals surface area contributed by atoms with Crippen LogP contribution in [0.15, 0.2) is 48.5 Å². The lowest BCUT2D eigenvalue weighted by atomic mass is 9.95. The lowest BCUT2D eigenvalue weighted by Crippen LogP contribution is -2.38. The first kappa shape index (κ1) is 19.6. The summed E-state index contributed by atoms with van der Waals surface area (Å²) >= 11 is 0. The second-order valence-electron chi connectivity index (χ2n) is 6.66. The van der Waals surface area contributed by atoms with Crippen LogP contribution in [0.2, 0.25) is 0 Å². The van der Waals surface area contributed by atoms with E-state index in [0.717, 1.165) is 0 Å². The molecule has 1 aliphatic heterocycles. The number of anilines is 2. The smallest absolute Gasteiger partial charge is 0.292 e. The molecule has 1 fully saturated rings. The molecule has 0 aromatic heterocycles. The number of hydrogen-bond acceptors (Lipinski definition) is 6. The van der Waals surface area contributed by atoms with E-state index in [1.54, 1.807) is 42.5 Å². The zero-order valence-electron chi connectivity index (χ0n) is 15.5. The summed E-state index contributed by atoms with van der Waals surface area (Å²) < 4.78 is 5.42. The van der Waals surface area contributed by atoms with Gasteiger partial charge >= 0.3 is 0 Å². The zero-order chi connectivity index (χ0) is 19.9. The minimum Gasteiger partial charge on any atom is -0.492 e. The van der Waals surface area contributed by atoms with Crippen molar-refractivity contribution in [1.29, 1.82) is 0 Å². The summed E-state index contributed by atoms with van der Waals surface area (Å²) in [7, 11) is 0. The van der Waals surface area contributed by atoms with Crippen molar-refractivity contribution in [3.05, 3.63) is 58.6 Å². The fourth-order valence-electron chi connectivity index (χ4n) is 3.32. The molecule has 0 aliphatic carbocycles. The predicted molar refractivity (Wildman–Crippen MR) is 108 cm³/mol. The number of piperidine rings is 1. The molecule has 3 rings (SSSR count). The molecule has 1 aliphatic rings. The van der Waals surface area contributed by atoms with Crippen LogP contribution in [-0.2, 0) is 4.79 Å². The highest BCUT2D eigenvalue weighted by atomic mass is 16.6. The third kappa shape index (κ3) is 4.77. The number of benzene rings is 2. The number of carbonyl (C=O) groups is 1. The maximum Gasteiger partial charge on any atom is 0.292 e. The largest absolute Gasteiger partial charge is 0.492 e. The monoisotopic (exact) mass is 384 g/mol. The Labute approximate surface area is 163 Å². The van der Waals surface area contributed by atoms with Gasteiger partial charge in [-0.15, -0.1) is 0 Å². The number of nitro groups is 1. The molecule has 8 heteroatoms. The number of rotatable bonds is 7. The van der Waals surface area contributed by atoms with Crippen LogP contribution in [0.1, 0.15) is 12.8 Å². The van der Waals surface area contributed by atoms with Crippen LogP contribution in [0.4, 0.5) is 17.1 Å². The van der Waals surface area contributed by atoms with Crippen molar-refractivity contribution in [2.24, 2.45) is 11.7 Å². The molecule has 3 N–H and O–H groups in total. The van der Waals surface area contributed by atoms with E-state index in [-0.39, 0.29) is 22.4 Å². The van der Waals surface area contributed by atoms with Crippen LogP contribution in [0, 0.1) is 16.0 Å². The molecule has 2 aromatic rings. The minimum absolute atomic E-state index is 0.0298. The first-order valence-corrected chi connectivity index (χ1v) is 9.30. The number of hydrogen-bond donors (Lipinski definition) is 2. The molecule has 2 aromatic carbocycles. The molecule has 8 nitrogen and oxygen atoms in total. The molecular weight excluding hydrogens is 360 g/mol. The number of amides is 1. The van der Waals surface area contributed by atoms with Crippen molar-refractivity contribution < 1.29 is 14.5 Å². The lowest BCUT2D eigenvalue weighted by molar-refractivity contribution is -0.384. The Bertz CT molecular complexity index is 817. The normalized spacial score (nSPS) is 14.5. The average molecular weight is 384 g/mol. The Kier molecular flexibility index (Phi) is 6.44. The summed E-state index contributed by atoms with van der Waals surface area (Å²) in [6.45, 7) is 2.11. The summed E-state index contributed by atoms with van der Waals surface area (Å²) in [6.07, 6.45) is 1.30. The van der Waals surface area contributed by atoms with Gasteiger partial charge in [0.2, 0.25) is 5.91 Å². The van der Waals surface area contributed by atoms with Crippen molar-refractivity contribution in [2.75, 3.05) is 36.5 Å². The van der Waals surface area contributed by atoms with Gasteiger partial charge in [0.1, 0.15) is 18.0 Å². The summed E-state index contributed by atoms with van der Waals surface area (Å²) in [4.78, 5) is 25.4. The van der Waals surface area contributed by atoms with Gasteiger partial charge in [0, 0.05) is 37.3 Å². The maximum atomic E-state index is 12.6. The van der Waals surface area contributed by atoms with Crippen molar-refractivity contribution in [2.45, 2.75) is 12.8 Å². The van der Waals surface area contributed by atoms with E-state index in [0.29, 0.717) is 56.2 Å². The number of nitrogens with one attached hydrogen (secondary N) is 1. The first-order valence-electron chi connectivity index (χ1n) is 9.30. The van der Waals surface area contributed by atoms with E-state index in [4.69, 9.17) is 10.5 Å². The van der Waals surface area contributed by atoms with Crippen LogP contribution in [-0.4, -0.2) is 37.1 Å². The first-order chi connectivity index (χ1) is 13.6. The minimum atomic E-state index is -0.366. The summed E-state index contributed by atoms with van der Waals surface area (Å²) in [6, 6.07) is 13.9. The number of nitro benzene ring substituents is 1. The molecule has 0 unspecified atom stereocenters. The van der Waals surface area contributed by atoms with Gasteiger partial charge < -0.3 is 20.7 Å². The number of nitrogens with two attached hydrogens (primary N) is 1. The van der Waals surface area contributed by atoms with Crippen molar-refractivity contribution >= 4 is 23.0 Å². The third-order valence-corrected chi connectivity index (χ3v) is 4.79. The number of para-hydroxylation sites is 2. The highest BCUT2D eigenvalue weighted by molar-refractivity contribution is 5.92. The second kappa shape index (κ2) is 9.18. The molecule has 0 atom stereocenters. The van der Waals surface area contributed by atoms with Crippen LogP contribution >= 0.6 is 0 Å². The summed E-state index contributed by atoms with van der Waals surface area (Å²) in [5, 5.41) is 14.2. The topological polar surface area (TPSA) is 111 Å². The molecule has 0 radical (unpaired) electrons. The predicted octanol–water partition coefficient (Wildman–Crippen LogP) is 2.79. The van der Waals surface area contributed by atoms with Gasteiger partial charge in [0.25, 0.3) is 5.69 Å². The Hall–Kier alpha value is -3.13. The number of nitrogens with zero attached hydrogens (tertiary/aromatic N) is 2. The molecular formula is C20H24N4O4. The Morgan fingerprint density at radius 3 is 2.50 bits per heavy atom. The van der Waals surface area contributed by atoms with Gasteiger partial charge in [-0.1, -0.05) is 12.1 Å². The molecule has 0 spiro atoms. The average Bonchev–Trinajstić information content (AvgIpc) is 2.73. The summed E-state index contributed by atoms with van der Waals surface area (Å²) in [5.74, 6) is 0.561. The molecule has 0 saturated carbocycles. The van der Waals surface area contributed by atoms with Gasteiger partial charge in [0.05, 0.1) is 4.92 Å². The lowest BCUT2D eigenvalue weighted by Gasteiger charge is -2.32. The molecule has 1 heterocycles. The van der Waals surface area contributed by atoms with E-state index in [1.807, 2.05) is 4.90 Å². The standard InChI is InChI=1S/C20H24N4O4/c21-11-14-28-17-7-5-16(6-8-17)22-20(25)15-9-12-23(13-10-15)18-3-1-2-4-19(18)24(26)27/h1-8,15H,9-14,21H2,(H,22,25). The quantitative estimate of drug-likeness (QED) is 0.561. The fraction of sp³-hybridized carbons (Fsp3) is 0.350. The Balaban J connectivity index is 1.55. The zero-order valence-corrected chi connectivity index (χ0v) is 15.5. The van der Waals surface area contributed by atoms with E-state index in [2.05, 4.69) is 5.32 Å². The molecule has 1 saturated heterocycles. The van der Waals surface area contributed by atoms with Crippen molar-refractivity contribution in [1.82, 2.24) is 0 Å². The van der Waals surface area contributed by atoms with Crippen LogP contribution in [0.3, 0.4) is 0 Å². The van der Waals surface area contributed by atoms with E-state index in [9.17, 15) is 14.9 Å². The Morgan fingerprint density at radius 2 is 1.86 bits per heavy atom. The fourth-order valence-corrected chi connectivity index (χ4v) is 3.32. The van der Waals surface area contributed by atoms with E-state index < -0.39 is 0 Å². The second-order valence-corrected chi connectivity index (χ2v) is 6.66. The molecule has 0 bridgehead atoms. The van der Waals surface area contributed by atoms with Crippen molar-refractivity contribution in [3.8, 4) is 5.75 Å². The van der Waals surface area contributed by atoms with E-state index >= 15 is 0 Å². The van der Waals surface area contributed by atoms with Gasteiger partial charge in [0.15, 0.2) is 0 Å². The van der Waals surface area contributed by atoms with Gasteiger partial charge in [-0.25, -0.2) is 0 Å². The highest BCUT2D eigenvalue weighted by Gasteiger charge is 2.28. The van der Waals surface area contributed by atoms with Crippen LogP contribution in [0.5, 0.6) is 5.75 Å². The van der Waals surface area contributed by atoms with E-state index in [1.165, 1.54) is 6.07 Å². The SMILES string of the molecule is NCCOc1ccc(NC(=O)C2CCN(c3ccccc3[N+](=O)[O-])CC2)cc1. The maximum absolute atomic E-state index is 12.6. The van der Waals surface area contributed by atoms with Crippen molar-refractivity contribution in [3.63, 3.8) is 0 Å². The number of ether oxygens (including phenoxy) is 1. The van der Waals surface area contributed by atoms with Crippen LogP contribution in [0.25, 0.3) is 0 Å². The molecule has 1 amide bonds. The van der Waals surface area contributed by atoms with Gasteiger partial charge in [-0.05, 0) is 43.2 Å². The molecule has 28 heavy (non-hydrogen) atoms. The summed E-state index contributed by atoms with van der Waals surface area (Å²) in [5.41, 5.74) is 6.83. The van der Waals surface area contributed by atoms with Crippen LogP contribution < -0.4 is 20.7 Å². The highest BCUT2D eigenvalue weighted by Crippen LogP contribution is 2.31. The molecule has 148 valence electrons.